The number of hydrogen-bond donors (Lipinski definition) is 0. The highest BCUT2D eigenvalue weighted by Gasteiger charge is 2.46. The van der Waals surface area contributed by atoms with Gasteiger partial charge < -0.3 is 4.90 Å². The minimum Gasteiger partial charge on any atom is -0.329 e. The molecule has 19 heavy (non-hydrogen) atoms. The minimum absolute atomic E-state index is 0.0384. The number of para-hydroxylation sites is 1. The highest BCUT2D eigenvalue weighted by molar-refractivity contribution is 9.10. The molecular weight excluding hydrogens is 308 g/mol. The fourth-order valence-electron chi connectivity index (χ4n) is 2.96. The number of nitrogens with zero attached hydrogens (tertiary/aromatic N) is 2. The lowest BCUT2D eigenvalue weighted by molar-refractivity contribution is -0.143. The van der Waals surface area contributed by atoms with Gasteiger partial charge in [0, 0.05) is 11.0 Å². The van der Waals surface area contributed by atoms with Crippen LogP contribution in [0.3, 0.4) is 0 Å². The quantitative estimate of drug-likeness (QED) is 0.795. The van der Waals surface area contributed by atoms with Crippen molar-refractivity contribution in [2.75, 3.05) is 11.4 Å². The Kier molecular flexibility index (Phi) is 3.09. The number of piperazine rings is 1. The number of benzene rings is 1. The molecule has 0 N–H and O–H groups in total. The molecule has 0 aromatic heterocycles. The molecule has 2 amide bonds. The van der Waals surface area contributed by atoms with E-state index >= 15 is 0 Å². The molecular formula is C14H15BrN2O2. The average Bonchev–Trinajstić information content (AvgIpc) is 2.88. The van der Waals surface area contributed by atoms with Gasteiger partial charge in [-0.15, -0.1) is 0 Å². The molecule has 0 spiro atoms. The SMILES string of the molecule is CC1C(=O)N2CCCC2C(=O)N1c1ccccc1Br. The van der Waals surface area contributed by atoms with Crippen molar-refractivity contribution in [1.82, 2.24) is 4.90 Å². The largest absolute Gasteiger partial charge is 0.329 e. The first-order valence-electron chi connectivity index (χ1n) is 6.49. The van der Waals surface area contributed by atoms with E-state index < -0.39 is 6.04 Å². The van der Waals surface area contributed by atoms with Gasteiger partial charge >= 0.3 is 0 Å². The fraction of sp³-hybridized carbons (Fsp3) is 0.429. The third kappa shape index (κ3) is 1.87. The van der Waals surface area contributed by atoms with Gasteiger partial charge in [0.2, 0.25) is 5.91 Å². The van der Waals surface area contributed by atoms with E-state index in [1.807, 2.05) is 24.3 Å². The molecule has 2 aliphatic heterocycles. The summed E-state index contributed by atoms with van der Waals surface area (Å²) in [7, 11) is 0. The van der Waals surface area contributed by atoms with Crippen LogP contribution >= 0.6 is 15.9 Å². The standard InChI is InChI=1S/C14H15BrN2O2/c1-9-13(18)16-8-4-7-12(16)14(19)17(9)11-6-3-2-5-10(11)15/h2-3,5-6,9,12H,4,7-8H2,1H3. The first-order chi connectivity index (χ1) is 9.11. The molecule has 4 nitrogen and oxygen atoms in total. The summed E-state index contributed by atoms with van der Waals surface area (Å²) in [6.07, 6.45) is 1.69. The Morgan fingerprint density at radius 3 is 2.68 bits per heavy atom. The van der Waals surface area contributed by atoms with Gasteiger partial charge in [0.15, 0.2) is 0 Å². The predicted octanol–water partition coefficient (Wildman–Crippen LogP) is 2.18. The third-order valence-corrected chi connectivity index (χ3v) is 4.59. The Bertz CT molecular complexity index is 546. The molecule has 0 radical (unpaired) electrons. The number of carbonyl (C=O) groups is 2. The number of fused-ring (bicyclic) bond motifs is 1. The Labute approximate surface area is 120 Å². The third-order valence-electron chi connectivity index (χ3n) is 3.92. The molecule has 2 aliphatic rings. The zero-order valence-corrected chi connectivity index (χ0v) is 12.3. The zero-order valence-electron chi connectivity index (χ0n) is 10.7. The van der Waals surface area contributed by atoms with Crippen LogP contribution in [0.15, 0.2) is 28.7 Å². The smallest absolute Gasteiger partial charge is 0.250 e. The predicted molar refractivity (Wildman–Crippen MR) is 75.8 cm³/mol. The lowest BCUT2D eigenvalue weighted by atomic mass is 10.1. The summed E-state index contributed by atoms with van der Waals surface area (Å²) < 4.78 is 0.842. The van der Waals surface area contributed by atoms with Crippen LogP contribution < -0.4 is 4.90 Å². The summed E-state index contributed by atoms with van der Waals surface area (Å²) in [5.74, 6) is 0.0920. The Balaban J connectivity index is 2.03. The van der Waals surface area contributed by atoms with Gasteiger partial charge in [-0.25, -0.2) is 0 Å². The van der Waals surface area contributed by atoms with E-state index in [9.17, 15) is 9.59 Å². The number of carbonyl (C=O) groups excluding carboxylic acids is 2. The van der Waals surface area contributed by atoms with Crippen molar-refractivity contribution >= 4 is 33.4 Å². The van der Waals surface area contributed by atoms with E-state index in [-0.39, 0.29) is 17.9 Å². The molecule has 5 heteroatoms. The number of halogens is 1. The lowest BCUT2D eigenvalue weighted by Crippen LogP contribution is -2.62. The monoisotopic (exact) mass is 322 g/mol. The van der Waals surface area contributed by atoms with Crippen molar-refractivity contribution in [3.8, 4) is 0 Å². The van der Waals surface area contributed by atoms with E-state index in [2.05, 4.69) is 15.9 Å². The minimum atomic E-state index is -0.430. The highest BCUT2D eigenvalue weighted by atomic mass is 79.9. The first kappa shape index (κ1) is 12.7. The van der Waals surface area contributed by atoms with Crippen LogP contribution in [0.4, 0.5) is 5.69 Å². The summed E-state index contributed by atoms with van der Waals surface area (Å²) in [4.78, 5) is 28.4. The van der Waals surface area contributed by atoms with Gasteiger partial charge in [-0.05, 0) is 47.8 Å². The van der Waals surface area contributed by atoms with Crippen molar-refractivity contribution in [3.05, 3.63) is 28.7 Å². The Hall–Kier alpha value is -1.36. The fourth-order valence-corrected chi connectivity index (χ4v) is 3.44. The molecule has 1 aromatic rings. The van der Waals surface area contributed by atoms with Crippen molar-refractivity contribution < 1.29 is 9.59 Å². The number of amides is 2. The second-order valence-corrected chi connectivity index (χ2v) is 5.88. The van der Waals surface area contributed by atoms with Crippen molar-refractivity contribution in [1.29, 1.82) is 0 Å². The van der Waals surface area contributed by atoms with Crippen LogP contribution in [0.1, 0.15) is 19.8 Å². The molecule has 2 unspecified atom stereocenters. The zero-order chi connectivity index (χ0) is 13.6. The summed E-state index contributed by atoms with van der Waals surface area (Å²) >= 11 is 3.46. The molecule has 1 aromatic carbocycles. The summed E-state index contributed by atoms with van der Waals surface area (Å²) in [5, 5.41) is 0. The van der Waals surface area contributed by atoms with E-state index in [4.69, 9.17) is 0 Å². The molecule has 2 atom stereocenters. The number of anilines is 1. The maximum Gasteiger partial charge on any atom is 0.250 e. The maximum absolute atomic E-state index is 12.6. The molecule has 0 saturated carbocycles. The first-order valence-corrected chi connectivity index (χ1v) is 7.28. The molecule has 2 saturated heterocycles. The molecule has 3 rings (SSSR count). The Morgan fingerprint density at radius 1 is 1.21 bits per heavy atom. The number of rotatable bonds is 1. The molecule has 0 bridgehead atoms. The van der Waals surface area contributed by atoms with Gasteiger partial charge in [-0.1, -0.05) is 12.1 Å². The van der Waals surface area contributed by atoms with Gasteiger partial charge in [-0.2, -0.15) is 0 Å². The molecule has 100 valence electrons. The highest BCUT2D eigenvalue weighted by Crippen LogP contribution is 2.34. The van der Waals surface area contributed by atoms with Gasteiger partial charge in [0.05, 0.1) is 5.69 Å². The van der Waals surface area contributed by atoms with Crippen LogP contribution in [0, 0.1) is 0 Å². The van der Waals surface area contributed by atoms with E-state index in [0.717, 1.165) is 23.0 Å². The van der Waals surface area contributed by atoms with E-state index in [0.29, 0.717) is 6.54 Å². The molecule has 2 fully saturated rings. The summed E-state index contributed by atoms with van der Waals surface area (Å²) in [5.41, 5.74) is 0.778. The average molecular weight is 323 g/mol. The van der Waals surface area contributed by atoms with Crippen LogP contribution in [-0.2, 0) is 9.59 Å². The van der Waals surface area contributed by atoms with Crippen LogP contribution in [-0.4, -0.2) is 35.3 Å². The van der Waals surface area contributed by atoms with Crippen molar-refractivity contribution in [2.24, 2.45) is 0 Å². The molecule has 2 heterocycles. The van der Waals surface area contributed by atoms with Crippen molar-refractivity contribution in [3.63, 3.8) is 0 Å². The second kappa shape index (κ2) is 4.63. The molecule has 0 aliphatic carbocycles. The number of hydrogen-bond acceptors (Lipinski definition) is 2. The van der Waals surface area contributed by atoms with Crippen LogP contribution in [0.2, 0.25) is 0 Å². The van der Waals surface area contributed by atoms with Crippen LogP contribution in [0.25, 0.3) is 0 Å². The summed E-state index contributed by atoms with van der Waals surface area (Å²) in [6.45, 7) is 2.51. The van der Waals surface area contributed by atoms with E-state index in [1.54, 1.807) is 16.7 Å². The van der Waals surface area contributed by atoms with E-state index in [1.165, 1.54) is 0 Å². The maximum atomic E-state index is 12.6. The van der Waals surface area contributed by atoms with Crippen molar-refractivity contribution in [2.45, 2.75) is 31.8 Å². The topological polar surface area (TPSA) is 40.6 Å². The second-order valence-electron chi connectivity index (χ2n) is 5.03. The Morgan fingerprint density at radius 2 is 1.95 bits per heavy atom. The van der Waals surface area contributed by atoms with Gasteiger partial charge in [-0.3, -0.25) is 14.5 Å². The van der Waals surface area contributed by atoms with Gasteiger partial charge in [0.1, 0.15) is 12.1 Å². The van der Waals surface area contributed by atoms with Crippen LogP contribution in [0.5, 0.6) is 0 Å². The normalized spacial score (nSPS) is 26.8. The van der Waals surface area contributed by atoms with Gasteiger partial charge in [0.25, 0.3) is 5.91 Å². The summed E-state index contributed by atoms with van der Waals surface area (Å²) in [6, 6.07) is 6.84. The lowest BCUT2D eigenvalue weighted by Gasteiger charge is -2.41.